The van der Waals surface area contributed by atoms with Gasteiger partial charge in [-0.15, -0.1) is 0 Å². The molecule has 0 aliphatic heterocycles. The van der Waals surface area contributed by atoms with Crippen LogP contribution in [0.2, 0.25) is 0 Å². The number of hydrogen-bond acceptors (Lipinski definition) is 2. The molecule has 13 heavy (non-hydrogen) atoms. The third-order valence-electron chi connectivity index (χ3n) is 2.50. The van der Waals surface area contributed by atoms with Crippen molar-refractivity contribution >= 4 is 5.91 Å². The summed E-state index contributed by atoms with van der Waals surface area (Å²) < 4.78 is 0. The predicted molar refractivity (Wildman–Crippen MR) is 53.2 cm³/mol. The number of rotatable bonds is 4. The third-order valence-corrected chi connectivity index (χ3v) is 2.50. The molecule has 1 aliphatic carbocycles. The average Bonchev–Trinajstić information content (AvgIpc) is 2.08. The van der Waals surface area contributed by atoms with Crippen LogP contribution in [0.15, 0.2) is 12.2 Å². The minimum Gasteiger partial charge on any atom is -0.370 e. The van der Waals surface area contributed by atoms with E-state index in [2.05, 4.69) is 11.9 Å². The fourth-order valence-electron chi connectivity index (χ4n) is 1.69. The number of carbonyl (C=O) groups is 1. The molecule has 0 bridgehead atoms. The van der Waals surface area contributed by atoms with Crippen molar-refractivity contribution in [2.24, 2.45) is 5.73 Å². The SMILES string of the molecule is C=C1CCCCC1NCCC(N)=O. The first-order valence-corrected chi connectivity index (χ1v) is 4.89. The van der Waals surface area contributed by atoms with Gasteiger partial charge in [0.25, 0.3) is 0 Å². The van der Waals surface area contributed by atoms with Gasteiger partial charge in [0.1, 0.15) is 0 Å². The molecule has 1 fully saturated rings. The number of hydrogen-bond donors (Lipinski definition) is 2. The zero-order valence-electron chi connectivity index (χ0n) is 8.01. The Morgan fingerprint density at radius 1 is 1.62 bits per heavy atom. The average molecular weight is 182 g/mol. The van der Waals surface area contributed by atoms with Crippen LogP contribution in [-0.2, 0) is 4.79 Å². The Labute approximate surface area is 79.4 Å². The molecular formula is C10H18N2O. The molecule has 0 radical (unpaired) electrons. The summed E-state index contributed by atoms with van der Waals surface area (Å²) in [5.41, 5.74) is 6.32. The predicted octanol–water partition coefficient (Wildman–Crippen LogP) is 0.950. The van der Waals surface area contributed by atoms with Gasteiger partial charge in [-0.3, -0.25) is 4.79 Å². The van der Waals surface area contributed by atoms with Gasteiger partial charge in [0.05, 0.1) is 0 Å². The first kappa shape index (κ1) is 10.3. The fourth-order valence-corrected chi connectivity index (χ4v) is 1.69. The highest BCUT2D eigenvalue weighted by atomic mass is 16.1. The van der Waals surface area contributed by atoms with E-state index in [0.29, 0.717) is 19.0 Å². The minimum absolute atomic E-state index is 0.242. The standard InChI is InChI=1S/C10H18N2O/c1-8-4-2-3-5-9(8)12-7-6-10(11)13/h9,12H,1-7H2,(H2,11,13). The molecule has 0 aromatic heterocycles. The molecule has 0 spiro atoms. The monoisotopic (exact) mass is 182 g/mol. The highest BCUT2D eigenvalue weighted by molar-refractivity contribution is 5.73. The summed E-state index contributed by atoms with van der Waals surface area (Å²) in [5.74, 6) is -0.242. The van der Waals surface area contributed by atoms with E-state index in [9.17, 15) is 4.79 Å². The van der Waals surface area contributed by atoms with E-state index >= 15 is 0 Å². The van der Waals surface area contributed by atoms with Crippen molar-refractivity contribution in [1.29, 1.82) is 0 Å². The molecule has 1 saturated carbocycles. The molecule has 1 amide bonds. The quantitative estimate of drug-likeness (QED) is 0.636. The summed E-state index contributed by atoms with van der Waals surface area (Å²) in [6.07, 6.45) is 5.20. The molecule has 3 heteroatoms. The summed E-state index contributed by atoms with van der Waals surface area (Å²) >= 11 is 0. The smallest absolute Gasteiger partial charge is 0.218 e. The van der Waals surface area contributed by atoms with Gasteiger partial charge in [-0.05, 0) is 19.3 Å². The number of amides is 1. The molecule has 74 valence electrons. The first-order chi connectivity index (χ1) is 6.20. The van der Waals surface area contributed by atoms with Crippen LogP contribution in [0, 0.1) is 0 Å². The Kier molecular flexibility index (Phi) is 3.96. The van der Waals surface area contributed by atoms with Crippen molar-refractivity contribution in [3.05, 3.63) is 12.2 Å². The van der Waals surface area contributed by atoms with Crippen LogP contribution in [0.3, 0.4) is 0 Å². The highest BCUT2D eigenvalue weighted by Gasteiger charge is 2.15. The Balaban J connectivity index is 2.19. The number of nitrogens with one attached hydrogen (secondary N) is 1. The second-order valence-electron chi connectivity index (χ2n) is 3.63. The van der Waals surface area contributed by atoms with E-state index in [4.69, 9.17) is 5.73 Å². The molecule has 1 unspecified atom stereocenters. The Morgan fingerprint density at radius 3 is 3.00 bits per heavy atom. The van der Waals surface area contributed by atoms with Gasteiger partial charge in [-0.25, -0.2) is 0 Å². The molecule has 1 atom stereocenters. The van der Waals surface area contributed by atoms with Crippen LogP contribution < -0.4 is 11.1 Å². The molecule has 1 rings (SSSR count). The second-order valence-corrected chi connectivity index (χ2v) is 3.63. The lowest BCUT2D eigenvalue weighted by molar-refractivity contribution is -0.117. The van der Waals surface area contributed by atoms with E-state index in [1.165, 1.54) is 18.4 Å². The molecule has 3 N–H and O–H groups in total. The van der Waals surface area contributed by atoms with Gasteiger partial charge < -0.3 is 11.1 Å². The maximum atomic E-state index is 10.5. The topological polar surface area (TPSA) is 55.1 Å². The van der Waals surface area contributed by atoms with Gasteiger partial charge in [0.2, 0.25) is 5.91 Å². The summed E-state index contributed by atoms with van der Waals surface area (Å²) in [5, 5.41) is 3.30. The molecule has 0 aromatic carbocycles. The van der Waals surface area contributed by atoms with Crippen molar-refractivity contribution in [1.82, 2.24) is 5.32 Å². The third kappa shape index (κ3) is 3.59. The maximum Gasteiger partial charge on any atom is 0.218 e. The largest absolute Gasteiger partial charge is 0.370 e. The molecule has 3 nitrogen and oxygen atoms in total. The van der Waals surface area contributed by atoms with E-state index in [1.54, 1.807) is 0 Å². The lowest BCUT2D eigenvalue weighted by atomic mass is 9.91. The number of carbonyl (C=O) groups excluding carboxylic acids is 1. The van der Waals surface area contributed by atoms with Crippen LogP contribution >= 0.6 is 0 Å². The van der Waals surface area contributed by atoms with E-state index in [0.717, 1.165) is 12.8 Å². The normalized spacial score (nSPS) is 23.1. The highest BCUT2D eigenvalue weighted by Crippen LogP contribution is 2.21. The summed E-state index contributed by atoms with van der Waals surface area (Å²) in [6.45, 7) is 4.69. The second kappa shape index (κ2) is 5.02. The summed E-state index contributed by atoms with van der Waals surface area (Å²) in [4.78, 5) is 10.5. The summed E-state index contributed by atoms with van der Waals surface area (Å²) in [7, 11) is 0. The van der Waals surface area contributed by atoms with Crippen molar-refractivity contribution in [3.63, 3.8) is 0 Å². The lowest BCUT2D eigenvalue weighted by Crippen LogP contribution is -2.34. The van der Waals surface area contributed by atoms with Crippen molar-refractivity contribution in [3.8, 4) is 0 Å². The van der Waals surface area contributed by atoms with Crippen molar-refractivity contribution in [2.75, 3.05) is 6.54 Å². The molecule has 1 aliphatic rings. The van der Waals surface area contributed by atoms with Gasteiger partial charge >= 0.3 is 0 Å². The van der Waals surface area contributed by atoms with E-state index in [1.807, 2.05) is 0 Å². The zero-order chi connectivity index (χ0) is 9.68. The van der Waals surface area contributed by atoms with Crippen LogP contribution in [0.4, 0.5) is 0 Å². The van der Waals surface area contributed by atoms with Crippen LogP contribution in [0.1, 0.15) is 32.1 Å². The lowest BCUT2D eigenvalue weighted by Gasteiger charge is -2.25. The van der Waals surface area contributed by atoms with Crippen LogP contribution in [0.25, 0.3) is 0 Å². The fraction of sp³-hybridized carbons (Fsp3) is 0.700. The summed E-state index contributed by atoms with van der Waals surface area (Å²) in [6, 6.07) is 0.410. The molecular weight excluding hydrogens is 164 g/mol. The molecule has 0 aromatic rings. The first-order valence-electron chi connectivity index (χ1n) is 4.89. The van der Waals surface area contributed by atoms with E-state index in [-0.39, 0.29) is 5.91 Å². The Bertz CT molecular complexity index is 201. The van der Waals surface area contributed by atoms with Crippen molar-refractivity contribution in [2.45, 2.75) is 38.1 Å². The minimum atomic E-state index is -0.242. The van der Waals surface area contributed by atoms with Gasteiger partial charge in [0.15, 0.2) is 0 Å². The van der Waals surface area contributed by atoms with Crippen molar-refractivity contribution < 1.29 is 4.79 Å². The number of nitrogens with two attached hydrogens (primary N) is 1. The van der Waals surface area contributed by atoms with Crippen LogP contribution in [-0.4, -0.2) is 18.5 Å². The van der Waals surface area contributed by atoms with Crippen LogP contribution in [0.5, 0.6) is 0 Å². The Hall–Kier alpha value is -0.830. The maximum absolute atomic E-state index is 10.5. The van der Waals surface area contributed by atoms with Gasteiger partial charge in [-0.1, -0.05) is 18.6 Å². The molecule has 0 heterocycles. The Morgan fingerprint density at radius 2 is 2.38 bits per heavy atom. The van der Waals surface area contributed by atoms with Gasteiger partial charge in [0, 0.05) is 19.0 Å². The zero-order valence-corrected chi connectivity index (χ0v) is 8.01. The molecule has 0 saturated heterocycles. The van der Waals surface area contributed by atoms with Gasteiger partial charge in [-0.2, -0.15) is 0 Å². The van der Waals surface area contributed by atoms with E-state index < -0.39 is 0 Å². The number of primary amides is 1.